The third-order valence-corrected chi connectivity index (χ3v) is 4.62. The number of hydrogen-bond acceptors (Lipinski definition) is 7. The number of ether oxygens (including phenoxy) is 3. The summed E-state index contributed by atoms with van der Waals surface area (Å²) in [6.45, 7) is 6.09. The van der Waals surface area contributed by atoms with Gasteiger partial charge in [-0.15, -0.1) is 0 Å². The molecule has 0 aliphatic carbocycles. The molecule has 1 aromatic heterocycles. The van der Waals surface area contributed by atoms with Gasteiger partial charge in [0.25, 0.3) is 5.91 Å². The van der Waals surface area contributed by atoms with E-state index in [0.29, 0.717) is 50.4 Å². The zero-order chi connectivity index (χ0) is 20.5. The zero-order valence-corrected chi connectivity index (χ0v) is 17.0. The summed E-state index contributed by atoms with van der Waals surface area (Å²) < 4.78 is 16.4. The number of likely N-dealkylation sites (N-methyl/N-ethyl adjacent to an activating group) is 1. The van der Waals surface area contributed by atoms with E-state index >= 15 is 0 Å². The third-order valence-electron chi connectivity index (χ3n) is 4.62. The Morgan fingerprint density at radius 3 is 2.66 bits per heavy atom. The molecule has 8 nitrogen and oxygen atoms in total. The van der Waals surface area contributed by atoms with Crippen molar-refractivity contribution in [1.29, 1.82) is 0 Å². The first-order valence-corrected chi connectivity index (χ1v) is 9.83. The summed E-state index contributed by atoms with van der Waals surface area (Å²) in [5, 5.41) is 0. The fourth-order valence-corrected chi connectivity index (χ4v) is 3.07. The number of anilines is 1. The van der Waals surface area contributed by atoms with Crippen LogP contribution in [0, 0.1) is 0 Å². The fraction of sp³-hybridized carbons (Fsp3) is 0.476. The number of carbonyl (C=O) groups excluding carboxylic acids is 1. The normalized spacial score (nSPS) is 13.9. The van der Waals surface area contributed by atoms with Gasteiger partial charge in [-0.05, 0) is 12.5 Å². The van der Waals surface area contributed by atoms with E-state index in [1.165, 1.54) is 0 Å². The number of rotatable bonds is 9. The number of benzene rings is 1. The average Bonchev–Trinajstić information content (AvgIpc) is 2.77. The zero-order valence-electron chi connectivity index (χ0n) is 17.0. The summed E-state index contributed by atoms with van der Waals surface area (Å²) in [5.41, 5.74) is 1.80. The molecule has 1 fully saturated rings. The van der Waals surface area contributed by atoms with Crippen molar-refractivity contribution in [2.45, 2.75) is 20.1 Å². The first-order chi connectivity index (χ1) is 14.2. The molecule has 1 saturated heterocycles. The van der Waals surface area contributed by atoms with Gasteiger partial charge in [0.2, 0.25) is 11.8 Å². The Labute approximate surface area is 171 Å². The number of carbonyl (C=O) groups is 1. The Balaban J connectivity index is 1.66. The molecular formula is C21H28N4O4. The van der Waals surface area contributed by atoms with Crippen molar-refractivity contribution in [1.82, 2.24) is 14.9 Å². The average molecular weight is 400 g/mol. The van der Waals surface area contributed by atoms with Crippen LogP contribution in [0.1, 0.15) is 18.2 Å². The molecule has 156 valence electrons. The van der Waals surface area contributed by atoms with E-state index in [-0.39, 0.29) is 12.5 Å². The Morgan fingerprint density at radius 1 is 1.21 bits per heavy atom. The number of nitrogens with zero attached hydrogens (tertiary/aromatic N) is 4. The van der Waals surface area contributed by atoms with Gasteiger partial charge in [0.1, 0.15) is 0 Å². The predicted octanol–water partition coefficient (Wildman–Crippen LogP) is 1.89. The molecule has 1 aliphatic rings. The molecule has 1 aliphatic heterocycles. The van der Waals surface area contributed by atoms with Crippen LogP contribution in [-0.2, 0) is 27.4 Å². The van der Waals surface area contributed by atoms with Crippen molar-refractivity contribution in [2.24, 2.45) is 0 Å². The monoisotopic (exact) mass is 400 g/mol. The molecule has 1 amide bonds. The molecule has 2 aromatic rings. The lowest BCUT2D eigenvalue weighted by Gasteiger charge is -2.27. The summed E-state index contributed by atoms with van der Waals surface area (Å²) in [6, 6.07) is 11.6. The quantitative estimate of drug-likeness (QED) is 0.636. The second-order valence-electron chi connectivity index (χ2n) is 6.71. The van der Waals surface area contributed by atoms with Crippen LogP contribution in [0.2, 0.25) is 0 Å². The molecule has 0 atom stereocenters. The molecule has 0 spiro atoms. The molecule has 0 unspecified atom stereocenters. The summed E-state index contributed by atoms with van der Waals surface area (Å²) in [5.74, 6) is 0.857. The largest absolute Gasteiger partial charge is 0.467 e. The van der Waals surface area contributed by atoms with Gasteiger partial charge in [-0.2, -0.15) is 4.98 Å². The second kappa shape index (κ2) is 10.7. The highest BCUT2D eigenvalue weighted by atomic mass is 16.5. The van der Waals surface area contributed by atoms with E-state index in [1.807, 2.05) is 42.2 Å². The fourth-order valence-electron chi connectivity index (χ4n) is 3.07. The number of methoxy groups -OCH3 is 1. The van der Waals surface area contributed by atoms with E-state index < -0.39 is 0 Å². The Kier molecular flexibility index (Phi) is 7.77. The van der Waals surface area contributed by atoms with Crippen molar-refractivity contribution >= 4 is 11.9 Å². The van der Waals surface area contributed by atoms with Gasteiger partial charge in [-0.25, -0.2) is 4.98 Å². The number of hydrogen-bond donors (Lipinski definition) is 0. The molecule has 0 radical (unpaired) electrons. The molecule has 2 heterocycles. The molecule has 0 saturated carbocycles. The summed E-state index contributed by atoms with van der Waals surface area (Å²) in [7, 11) is 1.61. The summed E-state index contributed by atoms with van der Waals surface area (Å²) >= 11 is 0. The number of amides is 1. The van der Waals surface area contributed by atoms with Crippen LogP contribution in [0.5, 0.6) is 5.88 Å². The topological polar surface area (TPSA) is 77.0 Å². The molecule has 3 rings (SSSR count). The van der Waals surface area contributed by atoms with Gasteiger partial charge < -0.3 is 24.0 Å². The van der Waals surface area contributed by atoms with Crippen molar-refractivity contribution in [3.05, 3.63) is 47.7 Å². The highest BCUT2D eigenvalue weighted by molar-refractivity contribution is 5.77. The van der Waals surface area contributed by atoms with Gasteiger partial charge in [-0.1, -0.05) is 30.3 Å². The number of aromatic nitrogens is 2. The molecule has 8 heteroatoms. The highest BCUT2D eigenvalue weighted by Gasteiger charge is 2.18. The van der Waals surface area contributed by atoms with E-state index in [1.54, 1.807) is 18.1 Å². The molecule has 29 heavy (non-hydrogen) atoms. The standard InChI is InChI=1S/C21H28N4O4/c1-3-24(14-17-7-5-4-6-8-17)20(26)16-29-19-13-18(15-27-2)22-21(23-19)25-9-11-28-12-10-25/h4-8,13H,3,9-12,14-16H2,1-2H3. The van der Waals surface area contributed by atoms with Gasteiger partial charge in [0.05, 0.1) is 25.5 Å². The maximum Gasteiger partial charge on any atom is 0.260 e. The van der Waals surface area contributed by atoms with Crippen molar-refractivity contribution < 1.29 is 19.0 Å². The lowest BCUT2D eigenvalue weighted by Crippen LogP contribution is -2.37. The molecule has 0 bridgehead atoms. The summed E-state index contributed by atoms with van der Waals surface area (Å²) in [6.07, 6.45) is 0. The van der Waals surface area contributed by atoms with Crippen molar-refractivity contribution in [3.8, 4) is 5.88 Å². The van der Waals surface area contributed by atoms with Gasteiger partial charge in [0.15, 0.2) is 6.61 Å². The lowest BCUT2D eigenvalue weighted by atomic mass is 10.2. The van der Waals surface area contributed by atoms with Crippen LogP contribution in [0.4, 0.5) is 5.95 Å². The Hall–Kier alpha value is -2.71. The minimum Gasteiger partial charge on any atom is -0.467 e. The first kappa shape index (κ1) is 21.0. The second-order valence-corrected chi connectivity index (χ2v) is 6.71. The van der Waals surface area contributed by atoms with E-state index in [9.17, 15) is 4.79 Å². The smallest absolute Gasteiger partial charge is 0.260 e. The van der Waals surface area contributed by atoms with Gasteiger partial charge in [0, 0.05) is 39.4 Å². The highest BCUT2D eigenvalue weighted by Crippen LogP contribution is 2.18. The van der Waals surface area contributed by atoms with Gasteiger partial charge in [-0.3, -0.25) is 4.79 Å². The van der Waals surface area contributed by atoms with Crippen LogP contribution >= 0.6 is 0 Å². The van der Waals surface area contributed by atoms with Gasteiger partial charge >= 0.3 is 0 Å². The predicted molar refractivity (Wildman–Crippen MR) is 109 cm³/mol. The SMILES string of the molecule is CCN(Cc1ccccc1)C(=O)COc1cc(COC)nc(N2CCOCC2)n1. The minimum atomic E-state index is -0.0869. The van der Waals surface area contributed by atoms with Crippen LogP contribution in [0.3, 0.4) is 0 Å². The number of morpholine rings is 1. The first-order valence-electron chi connectivity index (χ1n) is 9.83. The lowest BCUT2D eigenvalue weighted by molar-refractivity contribution is -0.133. The Bertz CT molecular complexity index is 782. The molecule has 0 N–H and O–H groups in total. The summed E-state index contributed by atoms with van der Waals surface area (Å²) in [4.78, 5) is 25.5. The Morgan fingerprint density at radius 2 is 1.97 bits per heavy atom. The van der Waals surface area contributed by atoms with Crippen LogP contribution in [0.15, 0.2) is 36.4 Å². The molecule has 1 aromatic carbocycles. The van der Waals surface area contributed by atoms with E-state index in [0.717, 1.165) is 18.7 Å². The van der Waals surface area contributed by atoms with E-state index in [4.69, 9.17) is 14.2 Å². The minimum absolute atomic E-state index is 0.0767. The maximum atomic E-state index is 12.7. The molecular weight excluding hydrogens is 372 g/mol. The van der Waals surface area contributed by atoms with Crippen LogP contribution < -0.4 is 9.64 Å². The van der Waals surface area contributed by atoms with E-state index in [2.05, 4.69) is 9.97 Å². The van der Waals surface area contributed by atoms with Crippen LogP contribution in [-0.4, -0.2) is 67.3 Å². The maximum absolute atomic E-state index is 12.7. The third kappa shape index (κ3) is 6.13. The van der Waals surface area contributed by atoms with Crippen LogP contribution in [0.25, 0.3) is 0 Å². The van der Waals surface area contributed by atoms with Crippen molar-refractivity contribution in [2.75, 3.05) is 51.5 Å². The van der Waals surface area contributed by atoms with Crippen molar-refractivity contribution in [3.63, 3.8) is 0 Å².